The molecule has 298 valence electrons. The molecule has 7 aromatic rings. The van der Waals surface area contributed by atoms with Crippen molar-refractivity contribution in [3.8, 4) is 22.3 Å². The second-order valence-corrected chi connectivity index (χ2v) is 16.6. The molecule has 0 aliphatic carbocycles. The van der Waals surface area contributed by atoms with Gasteiger partial charge in [0, 0.05) is 45.1 Å². The van der Waals surface area contributed by atoms with Crippen LogP contribution in [-0.2, 0) is 16.0 Å². The summed E-state index contributed by atoms with van der Waals surface area (Å²) in [5.41, 5.74) is 5.78. The molecule has 7 rings (SSSR count). The summed E-state index contributed by atoms with van der Waals surface area (Å²) in [7, 11) is 0. The highest BCUT2D eigenvalue weighted by Gasteiger charge is 2.24. The second kappa shape index (κ2) is 20.4. The van der Waals surface area contributed by atoms with Crippen LogP contribution < -0.4 is 10.6 Å². The number of carbonyl (C=O) groups excluding carboxylic acids is 2. The number of aromatic carboxylic acids is 2. The van der Waals surface area contributed by atoms with Crippen molar-refractivity contribution in [3.05, 3.63) is 187 Å². The molecule has 0 saturated carbocycles. The minimum atomic E-state index is -1.12. The van der Waals surface area contributed by atoms with Gasteiger partial charge in [-0.2, -0.15) is 0 Å². The summed E-state index contributed by atoms with van der Waals surface area (Å²) in [6.07, 6.45) is 1.06. The molecule has 0 atom stereocenters. The molecule has 0 unspecified atom stereocenters. The van der Waals surface area contributed by atoms with Gasteiger partial charge >= 0.3 is 11.9 Å². The van der Waals surface area contributed by atoms with Gasteiger partial charge in [0.1, 0.15) is 21.1 Å². The lowest BCUT2D eigenvalue weighted by Crippen LogP contribution is -2.17. The van der Waals surface area contributed by atoms with Crippen LogP contribution in [0, 0.1) is 0 Å². The van der Waals surface area contributed by atoms with Crippen molar-refractivity contribution in [1.82, 2.24) is 0 Å². The van der Waals surface area contributed by atoms with Gasteiger partial charge in [-0.05, 0) is 58.5 Å². The Balaban J connectivity index is 0.000000201. The number of amides is 2. The van der Waals surface area contributed by atoms with Crippen molar-refractivity contribution >= 4 is 95.6 Å². The summed E-state index contributed by atoms with van der Waals surface area (Å²) in [6.45, 7) is 0. The molecule has 0 fully saturated rings. The fourth-order valence-electron chi connectivity index (χ4n) is 6.30. The van der Waals surface area contributed by atoms with Crippen LogP contribution >= 0.6 is 61.8 Å². The number of carboxylic acid groups (broad SMARTS) is 2. The molecule has 2 heterocycles. The minimum Gasteiger partial charge on any atom is -0.478 e. The molecule has 2 amide bonds. The zero-order valence-corrected chi connectivity index (χ0v) is 35.8. The number of rotatable bonds is 13. The molecule has 0 radical (unpaired) electrons. The van der Waals surface area contributed by atoms with Crippen LogP contribution in [0.4, 0.5) is 10.0 Å². The molecule has 0 bridgehead atoms. The number of halogens is 3. The van der Waals surface area contributed by atoms with Gasteiger partial charge in [0.15, 0.2) is 0 Å². The van der Waals surface area contributed by atoms with Crippen LogP contribution in [0.3, 0.4) is 0 Å². The summed E-state index contributed by atoms with van der Waals surface area (Å²) in [5, 5.41) is 29.9. The lowest BCUT2D eigenvalue weighted by Gasteiger charge is -2.18. The summed E-state index contributed by atoms with van der Waals surface area (Å²) in [6, 6.07) is 41.7. The number of carboxylic acids is 2. The van der Waals surface area contributed by atoms with E-state index in [1.54, 1.807) is 29.0 Å². The van der Waals surface area contributed by atoms with Gasteiger partial charge in [0.05, 0.1) is 10.0 Å². The fraction of sp³-hybridized carbons (Fsp3) is 0.0870. The van der Waals surface area contributed by atoms with Crippen molar-refractivity contribution in [2.24, 2.45) is 0 Å². The van der Waals surface area contributed by atoms with Crippen LogP contribution in [-0.4, -0.2) is 34.0 Å². The van der Waals surface area contributed by atoms with E-state index in [4.69, 9.17) is 23.2 Å². The van der Waals surface area contributed by atoms with E-state index >= 15 is 0 Å². The number of thiophene rings is 2. The van der Waals surface area contributed by atoms with Crippen LogP contribution in [0.5, 0.6) is 0 Å². The number of carbonyl (C=O) groups is 4. The number of benzene rings is 5. The van der Waals surface area contributed by atoms with Gasteiger partial charge in [-0.15, -0.1) is 22.7 Å². The average Bonchev–Trinajstić information content (AvgIpc) is 3.86. The SMILES string of the molecule is O=C(CC(c1ccccc1)c1ccccc1)Nc1scc(-c2ccc(Br)cc2)c1C(=O)O.O=C(CCc1ccccc1)Nc1scc(-c2ccc(Cl)c(Cl)c2)c1C(=O)O. The van der Waals surface area contributed by atoms with Crippen molar-refractivity contribution < 1.29 is 29.4 Å². The maximum absolute atomic E-state index is 13.0. The van der Waals surface area contributed by atoms with Gasteiger partial charge < -0.3 is 20.8 Å². The molecule has 4 N–H and O–H groups in total. The predicted octanol–water partition coefficient (Wildman–Crippen LogP) is 13.0. The van der Waals surface area contributed by atoms with Gasteiger partial charge in [-0.1, -0.05) is 148 Å². The molecule has 5 aromatic carbocycles. The summed E-state index contributed by atoms with van der Waals surface area (Å²) < 4.78 is 0.912. The maximum atomic E-state index is 13.0. The molecule has 0 aliphatic heterocycles. The Labute approximate surface area is 367 Å². The van der Waals surface area contributed by atoms with Crippen LogP contribution in [0.25, 0.3) is 22.3 Å². The Bertz CT molecular complexity index is 2530. The third kappa shape index (κ3) is 11.3. The maximum Gasteiger partial charge on any atom is 0.339 e. The van der Waals surface area contributed by atoms with E-state index in [-0.39, 0.29) is 41.7 Å². The van der Waals surface area contributed by atoms with E-state index in [2.05, 4.69) is 26.6 Å². The Hall–Kier alpha value is -5.56. The Morgan fingerprint density at radius 1 is 0.593 bits per heavy atom. The van der Waals surface area contributed by atoms with E-state index in [0.29, 0.717) is 43.2 Å². The number of aryl methyl sites for hydroxylation is 1. The molecular weight excluding hydrogens is 891 g/mol. The number of hydrogen-bond acceptors (Lipinski definition) is 6. The van der Waals surface area contributed by atoms with Gasteiger partial charge in [-0.3, -0.25) is 9.59 Å². The lowest BCUT2D eigenvalue weighted by atomic mass is 9.88. The molecule has 0 aliphatic rings. The Kier molecular flexibility index (Phi) is 14.9. The van der Waals surface area contributed by atoms with Crippen molar-refractivity contribution in [1.29, 1.82) is 0 Å². The fourth-order valence-corrected chi connectivity index (χ4v) is 8.81. The van der Waals surface area contributed by atoms with Crippen molar-refractivity contribution in [2.75, 3.05) is 10.6 Å². The Morgan fingerprint density at radius 2 is 1.07 bits per heavy atom. The zero-order valence-electron chi connectivity index (χ0n) is 31.0. The first-order valence-corrected chi connectivity index (χ1v) is 21.4. The lowest BCUT2D eigenvalue weighted by molar-refractivity contribution is -0.117. The highest BCUT2D eigenvalue weighted by molar-refractivity contribution is 9.10. The predicted molar refractivity (Wildman–Crippen MR) is 243 cm³/mol. The van der Waals surface area contributed by atoms with E-state index in [1.807, 2.05) is 115 Å². The van der Waals surface area contributed by atoms with E-state index in [1.165, 1.54) is 22.7 Å². The first-order chi connectivity index (χ1) is 28.5. The highest BCUT2D eigenvalue weighted by Crippen LogP contribution is 2.39. The number of hydrogen-bond donors (Lipinski definition) is 4. The van der Waals surface area contributed by atoms with E-state index < -0.39 is 11.9 Å². The third-order valence-electron chi connectivity index (χ3n) is 9.18. The van der Waals surface area contributed by atoms with Gasteiger partial charge in [0.25, 0.3) is 0 Å². The molecule has 59 heavy (non-hydrogen) atoms. The Morgan fingerprint density at radius 3 is 1.58 bits per heavy atom. The molecule has 13 heteroatoms. The molecule has 8 nitrogen and oxygen atoms in total. The summed E-state index contributed by atoms with van der Waals surface area (Å²) in [4.78, 5) is 49.1. The van der Waals surface area contributed by atoms with Crippen LogP contribution in [0.2, 0.25) is 10.0 Å². The monoisotopic (exact) mass is 924 g/mol. The van der Waals surface area contributed by atoms with E-state index in [0.717, 1.165) is 26.7 Å². The normalized spacial score (nSPS) is 10.7. The average molecular weight is 927 g/mol. The summed E-state index contributed by atoms with van der Waals surface area (Å²) in [5.74, 6) is -2.77. The van der Waals surface area contributed by atoms with Crippen LogP contribution in [0.1, 0.15) is 56.2 Å². The molecular formula is C46H35BrCl2N2O6S2. The molecule has 0 spiro atoms. The van der Waals surface area contributed by atoms with Crippen LogP contribution in [0.15, 0.2) is 149 Å². The largest absolute Gasteiger partial charge is 0.478 e. The minimum absolute atomic E-state index is 0.0476. The second-order valence-electron chi connectivity index (χ2n) is 13.1. The highest BCUT2D eigenvalue weighted by atomic mass is 79.9. The van der Waals surface area contributed by atoms with E-state index in [9.17, 15) is 29.4 Å². The van der Waals surface area contributed by atoms with Gasteiger partial charge in [-0.25, -0.2) is 9.59 Å². The number of anilines is 2. The first-order valence-electron chi connectivity index (χ1n) is 18.1. The first kappa shape index (κ1) is 43.0. The zero-order chi connectivity index (χ0) is 41.9. The standard InChI is InChI=1S/C26H20BrNO3S.C20H15Cl2NO3S/c27-20-13-11-19(12-14-20)22-16-32-25(24(22)26(30)31)28-23(29)15-21(17-7-3-1-4-8-17)18-9-5-2-6-10-18;21-15-8-7-13(10-16(15)22)14-11-27-19(18(14)20(25)26)23-17(24)9-6-12-4-2-1-3-5-12/h1-14,16,21H,15H2,(H,28,29)(H,30,31);1-5,7-8,10-11H,6,9H2,(H,23,24)(H,25,26). The van der Waals surface area contributed by atoms with Crippen molar-refractivity contribution in [2.45, 2.75) is 25.2 Å². The van der Waals surface area contributed by atoms with Crippen molar-refractivity contribution in [3.63, 3.8) is 0 Å². The third-order valence-corrected chi connectivity index (χ3v) is 12.2. The van der Waals surface area contributed by atoms with Gasteiger partial charge in [0.2, 0.25) is 11.8 Å². The quantitative estimate of drug-likeness (QED) is 0.0910. The number of nitrogens with one attached hydrogen (secondary N) is 2. The molecule has 2 aromatic heterocycles. The topological polar surface area (TPSA) is 133 Å². The summed E-state index contributed by atoms with van der Waals surface area (Å²) >= 11 is 17.8. The smallest absolute Gasteiger partial charge is 0.339 e. The molecule has 0 saturated heterocycles.